The molecule has 1 fully saturated rings. The van der Waals surface area contributed by atoms with E-state index in [1.54, 1.807) is 0 Å². The standard InChI is InChI=1S/C17H21NO8S/c1-18(13-4-5-27(22,23)10-13)15(19)9-26-14-7-11(16(20)24-2)6-12(8-14)17(21)25-3/h6-8,13H,4-5,9-10H2,1-3H3/t13-/m1/s1. The zero-order valence-corrected chi connectivity index (χ0v) is 16.1. The molecule has 10 heteroatoms. The molecule has 27 heavy (non-hydrogen) atoms. The van der Waals surface area contributed by atoms with E-state index in [9.17, 15) is 22.8 Å². The molecule has 2 rings (SSSR count). The maximum Gasteiger partial charge on any atom is 0.338 e. The summed E-state index contributed by atoms with van der Waals surface area (Å²) < 4.78 is 37.8. The highest BCUT2D eigenvalue weighted by atomic mass is 32.2. The van der Waals surface area contributed by atoms with E-state index in [-0.39, 0.29) is 35.0 Å². The topological polar surface area (TPSA) is 116 Å². The zero-order chi connectivity index (χ0) is 20.2. The van der Waals surface area contributed by atoms with Crippen molar-refractivity contribution in [1.29, 1.82) is 0 Å². The highest BCUT2D eigenvalue weighted by Crippen LogP contribution is 2.20. The third-order valence-corrected chi connectivity index (χ3v) is 6.01. The minimum absolute atomic E-state index is 0.0554. The normalized spacial score (nSPS) is 17.8. The van der Waals surface area contributed by atoms with Crippen molar-refractivity contribution in [3.05, 3.63) is 29.3 Å². The zero-order valence-electron chi connectivity index (χ0n) is 15.3. The van der Waals surface area contributed by atoms with E-state index in [2.05, 4.69) is 9.47 Å². The van der Waals surface area contributed by atoms with Crippen LogP contribution in [0.15, 0.2) is 18.2 Å². The van der Waals surface area contributed by atoms with E-state index >= 15 is 0 Å². The van der Waals surface area contributed by atoms with Gasteiger partial charge in [-0.05, 0) is 24.6 Å². The Morgan fingerprint density at radius 1 is 1.07 bits per heavy atom. The number of nitrogens with zero attached hydrogens (tertiary/aromatic N) is 1. The first kappa shape index (κ1) is 20.7. The van der Waals surface area contributed by atoms with Gasteiger partial charge in [0.2, 0.25) is 0 Å². The molecule has 1 aliphatic rings. The van der Waals surface area contributed by atoms with Crippen molar-refractivity contribution in [3.8, 4) is 5.75 Å². The van der Waals surface area contributed by atoms with Crippen molar-refractivity contribution in [2.45, 2.75) is 12.5 Å². The quantitative estimate of drug-likeness (QED) is 0.627. The van der Waals surface area contributed by atoms with Crippen molar-refractivity contribution in [3.63, 3.8) is 0 Å². The molecule has 0 unspecified atom stereocenters. The van der Waals surface area contributed by atoms with Gasteiger partial charge in [0.15, 0.2) is 16.4 Å². The molecule has 0 bridgehead atoms. The van der Waals surface area contributed by atoms with Crippen LogP contribution >= 0.6 is 0 Å². The van der Waals surface area contributed by atoms with E-state index in [1.807, 2.05) is 0 Å². The fraction of sp³-hybridized carbons (Fsp3) is 0.471. The van der Waals surface area contributed by atoms with Gasteiger partial charge in [0.1, 0.15) is 5.75 Å². The van der Waals surface area contributed by atoms with Crippen LogP contribution in [0.1, 0.15) is 27.1 Å². The van der Waals surface area contributed by atoms with Gasteiger partial charge in [-0.25, -0.2) is 18.0 Å². The summed E-state index contributed by atoms with van der Waals surface area (Å²) in [7, 11) is 0.794. The molecule has 148 valence electrons. The molecule has 1 saturated heterocycles. The second-order valence-corrected chi connectivity index (χ2v) is 8.31. The number of ether oxygens (including phenoxy) is 3. The monoisotopic (exact) mass is 399 g/mol. The van der Waals surface area contributed by atoms with Gasteiger partial charge in [-0.15, -0.1) is 0 Å². The Labute approximate surface area is 157 Å². The van der Waals surface area contributed by atoms with Crippen molar-refractivity contribution in [1.82, 2.24) is 4.90 Å². The van der Waals surface area contributed by atoms with Gasteiger partial charge in [-0.1, -0.05) is 0 Å². The summed E-state index contributed by atoms with van der Waals surface area (Å²) in [5.74, 6) is -1.67. The number of benzene rings is 1. The van der Waals surface area contributed by atoms with E-state index in [0.717, 1.165) is 0 Å². The third-order valence-electron chi connectivity index (χ3n) is 4.26. The Kier molecular flexibility index (Phi) is 6.42. The van der Waals surface area contributed by atoms with E-state index < -0.39 is 33.7 Å². The Morgan fingerprint density at radius 3 is 2.07 bits per heavy atom. The fourth-order valence-electron chi connectivity index (χ4n) is 2.69. The molecule has 0 aliphatic carbocycles. The second-order valence-electron chi connectivity index (χ2n) is 6.08. The van der Waals surface area contributed by atoms with Crippen LogP contribution < -0.4 is 4.74 Å². The number of carbonyl (C=O) groups excluding carboxylic acids is 3. The van der Waals surface area contributed by atoms with Crippen LogP contribution in [0.2, 0.25) is 0 Å². The molecule has 9 nitrogen and oxygen atoms in total. The van der Waals surface area contributed by atoms with Crippen LogP contribution in [0.4, 0.5) is 0 Å². The SMILES string of the molecule is COC(=O)c1cc(OCC(=O)N(C)[C@@H]2CCS(=O)(=O)C2)cc(C(=O)OC)c1. The highest BCUT2D eigenvalue weighted by molar-refractivity contribution is 7.91. The first-order chi connectivity index (χ1) is 12.7. The van der Waals surface area contributed by atoms with E-state index in [1.165, 1.54) is 44.4 Å². The van der Waals surface area contributed by atoms with Crippen molar-refractivity contribution < 1.29 is 37.0 Å². The van der Waals surface area contributed by atoms with Crippen LogP contribution in [0.5, 0.6) is 5.75 Å². The Balaban J connectivity index is 2.10. The first-order valence-corrected chi connectivity index (χ1v) is 9.89. The summed E-state index contributed by atoms with van der Waals surface area (Å²) >= 11 is 0. The van der Waals surface area contributed by atoms with Crippen molar-refractivity contribution in [2.75, 3.05) is 39.4 Å². The lowest BCUT2D eigenvalue weighted by Crippen LogP contribution is -2.40. The van der Waals surface area contributed by atoms with Gasteiger partial charge in [-0.2, -0.15) is 0 Å². The van der Waals surface area contributed by atoms with Crippen LogP contribution in [0.3, 0.4) is 0 Å². The number of hydrogen-bond donors (Lipinski definition) is 0. The molecule has 1 atom stereocenters. The van der Waals surface area contributed by atoms with Crippen molar-refractivity contribution in [2.24, 2.45) is 0 Å². The summed E-state index contributed by atoms with van der Waals surface area (Å²) in [5, 5.41) is 0. The van der Waals surface area contributed by atoms with Gasteiger partial charge in [0.05, 0.1) is 36.9 Å². The summed E-state index contributed by atoms with van der Waals surface area (Å²) in [6.07, 6.45) is 0.384. The lowest BCUT2D eigenvalue weighted by Gasteiger charge is -2.23. The molecule has 1 aromatic rings. The summed E-state index contributed by atoms with van der Waals surface area (Å²) in [6, 6.07) is 3.58. The second kappa shape index (κ2) is 8.38. The van der Waals surface area contributed by atoms with E-state index in [4.69, 9.17) is 4.74 Å². The Bertz CT molecular complexity index is 814. The molecular formula is C17H21NO8S. The molecule has 1 aromatic carbocycles. The largest absolute Gasteiger partial charge is 0.484 e. The van der Waals surface area contributed by atoms with Crippen LogP contribution in [-0.2, 0) is 24.1 Å². The van der Waals surface area contributed by atoms with Crippen LogP contribution in [-0.4, -0.2) is 76.6 Å². The average Bonchev–Trinajstić information content (AvgIpc) is 3.03. The molecule has 1 heterocycles. The Morgan fingerprint density at radius 2 is 1.63 bits per heavy atom. The minimum Gasteiger partial charge on any atom is -0.484 e. The smallest absolute Gasteiger partial charge is 0.338 e. The van der Waals surface area contributed by atoms with Crippen molar-refractivity contribution >= 4 is 27.7 Å². The number of esters is 2. The first-order valence-electron chi connectivity index (χ1n) is 8.07. The van der Waals surface area contributed by atoms with Gasteiger partial charge in [0, 0.05) is 13.1 Å². The minimum atomic E-state index is -3.11. The van der Waals surface area contributed by atoms with Gasteiger partial charge in [-0.3, -0.25) is 4.79 Å². The number of sulfone groups is 1. The number of rotatable bonds is 6. The predicted octanol–water partition coefficient (Wildman–Crippen LogP) is 0.284. The summed E-state index contributed by atoms with van der Waals surface area (Å²) in [4.78, 5) is 37.1. The molecule has 1 amide bonds. The van der Waals surface area contributed by atoms with Gasteiger partial charge in [0.25, 0.3) is 5.91 Å². The lowest BCUT2D eigenvalue weighted by atomic mass is 10.1. The summed E-state index contributed by atoms with van der Waals surface area (Å²) in [5.41, 5.74) is 0.135. The number of amides is 1. The Hall–Kier alpha value is -2.62. The molecular weight excluding hydrogens is 378 g/mol. The maximum absolute atomic E-state index is 12.3. The molecule has 0 radical (unpaired) electrons. The number of hydrogen-bond acceptors (Lipinski definition) is 8. The average molecular weight is 399 g/mol. The molecule has 0 saturated carbocycles. The predicted molar refractivity (Wildman–Crippen MR) is 94.4 cm³/mol. The highest BCUT2D eigenvalue weighted by Gasteiger charge is 2.32. The third kappa shape index (κ3) is 5.19. The lowest BCUT2D eigenvalue weighted by molar-refractivity contribution is -0.133. The number of methoxy groups -OCH3 is 2. The summed E-state index contributed by atoms with van der Waals surface area (Å²) in [6.45, 7) is -0.377. The van der Waals surface area contributed by atoms with Gasteiger partial charge < -0.3 is 19.1 Å². The van der Waals surface area contributed by atoms with E-state index in [0.29, 0.717) is 6.42 Å². The molecule has 0 aromatic heterocycles. The van der Waals surface area contributed by atoms with Crippen LogP contribution in [0, 0.1) is 0 Å². The van der Waals surface area contributed by atoms with Crippen LogP contribution in [0.25, 0.3) is 0 Å². The maximum atomic E-state index is 12.3. The fourth-order valence-corrected chi connectivity index (χ4v) is 4.46. The number of carbonyl (C=O) groups is 3. The molecule has 0 N–H and O–H groups in total. The number of likely N-dealkylation sites (N-methyl/N-ethyl adjacent to an activating group) is 1. The molecule has 1 aliphatic heterocycles. The molecule has 0 spiro atoms. The van der Waals surface area contributed by atoms with Gasteiger partial charge >= 0.3 is 11.9 Å².